The molecule has 2 heterocycles. The van der Waals surface area contributed by atoms with E-state index in [0.29, 0.717) is 27.9 Å². The Morgan fingerprint density at radius 1 is 0.875 bits per heavy atom. The molecule has 0 saturated heterocycles. The lowest BCUT2D eigenvalue weighted by Crippen LogP contribution is -2.10. The Balaban J connectivity index is 1.92. The summed E-state index contributed by atoms with van der Waals surface area (Å²) in [6.07, 6.45) is -1.59. The molecule has 0 aliphatic heterocycles. The van der Waals surface area contributed by atoms with Gasteiger partial charge in [0.2, 0.25) is 11.6 Å². The minimum atomic E-state index is -1.59. The van der Waals surface area contributed by atoms with Crippen molar-refractivity contribution in [3.8, 4) is 40.0 Å². The number of carboxylic acid groups (broad SMARTS) is 2. The first-order chi connectivity index (χ1) is 19.3. The molecule has 2 aromatic heterocycles. The van der Waals surface area contributed by atoms with E-state index >= 15 is 0 Å². The van der Waals surface area contributed by atoms with Crippen LogP contribution in [0.3, 0.4) is 0 Å². The van der Waals surface area contributed by atoms with E-state index < -0.39 is 12.1 Å². The second-order valence-corrected chi connectivity index (χ2v) is 9.01. The van der Waals surface area contributed by atoms with Crippen LogP contribution in [0, 0.1) is 0 Å². The van der Waals surface area contributed by atoms with E-state index in [9.17, 15) is 19.8 Å². The highest BCUT2D eigenvalue weighted by molar-refractivity contribution is 7.00. The van der Waals surface area contributed by atoms with Crippen LogP contribution in [0.4, 0.5) is 4.79 Å². The van der Waals surface area contributed by atoms with E-state index in [0.717, 1.165) is 22.8 Å². The Morgan fingerprint density at radius 2 is 1.62 bits per heavy atom. The summed E-state index contributed by atoms with van der Waals surface area (Å²) < 4.78 is 37.7. The van der Waals surface area contributed by atoms with Crippen LogP contribution in [0.1, 0.15) is 15.9 Å². The molecule has 13 heteroatoms. The van der Waals surface area contributed by atoms with E-state index in [4.69, 9.17) is 23.7 Å². The fourth-order valence-corrected chi connectivity index (χ4v) is 5.22. The molecule has 0 amide bonds. The minimum absolute atomic E-state index is 0.125. The lowest BCUT2D eigenvalue weighted by atomic mass is 9.97. The van der Waals surface area contributed by atoms with E-state index in [1.165, 1.54) is 40.6 Å². The van der Waals surface area contributed by atoms with Crippen molar-refractivity contribution in [2.45, 2.75) is 6.54 Å². The van der Waals surface area contributed by atoms with Crippen molar-refractivity contribution in [3.05, 3.63) is 53.6 Å². The number of rotatable bonds is 9. The van der Waals surface area contributed by atoms with Gasteiger partial charge >= 0.3 is 12.1 Å². The number of aromatic nitrogens is 3. The summed E-state index contributed by atoms with van der Waals surface area (Å²) in [5.41, 5.74) is 2.83. The van der Waals surface area contributed by atoms with Crippen molar-refractivity contribution in [1.29, 1.82) is 0 Å². The van der Waals surface area contributed by atoms with Crippen molar-refractivity contribution < 1.29 is 43.5 Å². The van der Waals surface area contributed by atoms with Gasteiger partial charge in [-0.15, -0.1) is 0 Å². The van der Waals surface area contributed by atoms with E-state index in [1.807, 2.05) is 18.2 Å². The van der Waals surface area contributed by atoms with Gasteiger partial charge in [-0.3, -0.25) is 0 Å². The molecule has 0 bridgehead atoms. The molecule has 0 spiro atoms. The smallest absolute Gasteiger partial charge is 0.497 e. The first-order valence-electron chi connectivity index (χ1n) is 11.7. The SMILES string of the molecule is COc1ccc(-c2c(OC(=O)O)n(Cc3ccc4nsnc4c3)c3cc(OC)c(OC)c(OC)c23)c(C(=O)O)c1. The van der Waals surface area contributed by atoms with Crippen LogP contribution in [0.5, 0.6) is 28.9 Å². The minimum Gasteiger partial charge on any atom is -0.497 e. The van der Waals surface area contributed by atoms with Gasteiger partial charge in [-0.05, 0) is 35.9 Å². The topological polar surface area (TPSA) is 151 Å². The Kier molecular flexibility index (Phi) is 7.05. The van der Waals surface area contributed by atoms with Crippen molar-refractivity contribution in [2.24, 2.45) is 0 Å². The van der Waals surface area contributed by atoms with E-state index in [2.05, 4.69) is 8.75 Å². The van der Waals surface area contributed by atoms with Gasteiger partial charge in [0.1, 0.15) is 16.8 Å². The van der Waals surface area contributed by atoms with Crippen molar-refractivity contribution >= 4 is 45.8 Å². The van der Waals surface area contributed by atoms with Crippen molar-refractivity contribution in [1.82, 2.24) is 13.3 Å². The lowest BCUT2D eigenvalue weighted by molar-refractivity contribution is 0.0697. The number of aromatic carboxylic acids is 1. The summed E-state index contributed by atoms with van der Waals surface area (Å²) in [6, 6.07) is 11.6. The Bertz CT molecular complexity index is 1780. The first-order valence-corrected chi connectivity index (χ1v) is 12.4. The zero-order chi connectivity index (χ0) is 28.6. The number of benzene rings is 3. The lowest BCUT2D eigenvalue weighted by Gasteiger charge is -2.15. The normalized spacial score (nSPS) is 11.0. The fraction of sp³-hybridized carbons (Fsp3) is 0.185. The predicted molar refractivity (Wildman–Crippen MR) is 146 cm³/mol. The summed E-state index contributed by atoms with van der Waals surface area (Å²) in [5.74, 6) is -0.323. The zero-order valence-electron chi connectivity index (χ0n) is 21.8. The number of hydrogen-bond donors (Lipinski definition) is 2. The van der Waals surface area contributed by atoms with Crippen LogP contribution in [0.25, 0.3) is 33.1 Å². The molecule has 5 aromatic rings. The van der Waals surface area contributed by atoms with Gasteiger partial charge in [0, 0.05) is 11.6 Å². The van der Waals surface area contributed by atoms with Gasteiger partial charge in [0.25, 0.3) is 0 Å². The summed E-state index contributed by atoms with van der Waals surface area (Å²) >= 11 is 1.08. The number of nitrogens with zero attached hydrogens (tertiary/aromatic N) is 3. The van der Waals surface area contributed by atoms with Gasteiger partial charge in [-0.1, -0.05) is 6.07 Å². The fourth-order valence-electron chi connectivity index (χ4n) is 4.70. The van der Waals surface area contributed by atoms with Gasteiger partial charge in [0.05, 0.1) is 68.7 Å². The average Bonchev–Trinajstić information content (AvgIpc) is 3.53. The largest absolute Gasteiger partial charge is 0.512 e. The number of fused-ring (bicyclic) bond motifs is 2. The Hall–Kier alpha value is -5.04. The number of methoxy groups -OCH3 is 4. The molecule has 206 valence electrons. The highest BCUT2D eigenvalue weighted by Gasteiger charge is 2.31. The van der Waals surface area contributed by atoms with Crippen LogP contribution in [0.2, 0.25) is 0 Å². The molecule has 40 heavy (non-hydrogen) atoms. The second-order valence-electron chi connectivity index (χ2n) is 8.48. The van der Waals surface area contributed by atoms with Crippen LogP contribution < -0.4 is 23.7 Å². The number of carboxylic acids is 1. The Labute approximate surface area is 231 Å². The molecule has 0 fully saturated rings. The molecule has 0 aliphatic carbocycles. The Morgan fingerprint density at radius 3 is 2.27 bits per heavy atom. The molecule has 0 saturated carbocycles. The molecule has 5 rings (SSSR count). The molecule has 3 aromatic carbocycles. The van der Waals surface area contributed by atoms with Crippen LogP contribution in [-0.4, -0.2) is 64.1 Å². The summed E-state index contributed by atoms with van der Waals surface area (Å²) in [5, 5.41) is 20.3. The van der Waals surface area contributed by atoms with E-state index in [-0.39, 0.29) is 40.6 Å². The van der Waals surface area contributed by atoms with Gasteiger partial charge in [-0.25, -0.2) is 9.59 Å². The average molecular weight is 566 g/mol. The third-order valence-electron chi connectivity index (χ3n) is 6.38. The monoisotopic (exact) mass is 565 g/mol. The maximum Gasteiger partial charge on any atom is 0.512 e. The molecule has 12 nitrogen and oxygen atoms in total. The van der Waals surface area contributed by atoms with Crippen LogP contribution >= 0.6 is 11.7 Å². The third kappa shape index (κ3) is 4.45. The van der Waals surface area contributed by atoms with E-state index in [1.54, 1.807) is 16.7 Å². The van der Waals surface area contributed by atoms with Crippen molar-refractivity contribution in [3.63, 3.8) is 0 Å². The molecular weight excluding hydrogens is 542 g/mol. The second kappa shape index (κ2) is 10.6. The highest BCUT2D eigenvalue weighted by Crippen LogP contribution is 2.52. The van der Waals surface area contributed by atoms with Gasteiger partial charge in [0.15, 0.2) is 11.5 Å². The first kappa shape index (κ1) is 26.6. The summed E-state index contributed by atoms with van der Waals surface area (Å²) in [7, 11) is 5.73. The molecule has 2 N–H and O–H groups in total. The molecule has 0 radical (unpaired) electrons. The zero-order valence-corrected chi connectivity index (χ0v) is 22.6. The third-order valence-corrected chi connectivity index (χ3v) is 6.94. The summed E-state index contributed by atoms with van der Waals surface area (Å²) in [4.78, 5) is 24.4. The predicted octanol–water partition coefficient (Wildman–Crippen LogP) is 5.15. The maximum atomic E-state index is 12.4. The van der Waals surface area contributed by atoms with Crippen LogP contribution in [0.15, 0.2) is 42.5 Å². The summed E-state index contributed by atoms with van der Waals surface area (Å²) in [6.45, 7) is 0.129. The van der Waals surface area contributed by atoms with Gasteiger partial charge in [-0.2, -0.15) is 8.75 Å². The molecule has 0 aliphatic rings. The molecular formula is C27H23N3O9S. The maximum absolute atomic E-state index is 12.4. The van der Waals surface area contributed by atoms with Crippen LogP contribution in [-0.2, 0) is 6.54 Å². The standard InChI is InChI=1S/C27H23N3O9S/c1-35-14-6-7-15(16(10-14)26(31)32)21-22-19(11-20(36-2)23(37-3)24(22)38-4)30(25(21)39-27(33)34)12-13-5-8-17-18(9-13)29-40-28-17/h5-11H,12H2,1-4H3,(H,31,32)(H,33,34). The molecule has 0 atom stereocenters. The number of ether oxygens (including phenoxy) is 5. The highest BCUT2D eigenvalue weighted by atomic mass is 32.1. The molecule has 0 unspecified atom stereocenters. The number of hydrogen-bond acceptors (Lipinski definition) is 10. The quantitative estimate of drug-likeness (QED) is 0.228. The van der Waals surface area contributed by atoms with Gasteiger partial charge < -0.3 is 38.5 Å². The van der Waals surface area contributed by atoms with Crippen molar-refractivity contribution in [2.75, 3.05) is 28.4 Å². The number of carbonyl (C=O) groups is 2.